The zero-order valence-electron chi connectivity index (χ0n) is 20.8. The number of allylic oxidation sites excluding steroid dienone is 2. The third kappa shape index (κ3) is 5.13. The van der Waals surface area contributed by atoms with Crippen molar-refractivity contribution >= 4 is 11.9 Å². The summed E-state index contributed by atoms with van der Waals surface area (Å²) >= 11 is 0. The Balaban J connectivity index is 1.44. The second kappa shape index (κ2) is 10.9. The highest BCUT2D eigenvalue weighted by Gasteiger charge is 2.57. The standard InChI is InChI=1S/C28H39N3O3/c1-22(2)25-12-10-24(11-13-25)20-29-17-14-28(15-18-29)26(32)30(21-23-8-5-4-6-9-23)27(33)31(28)16-7-19-34-3/h4-6,8-10,25H,1,7,11-21H2,2-3H3/t25-/m1/s1. The maximum absolute atomic E-state index is 13.7. The second-order valence-electron chi connectivity index (χ2n) is 10.1. The number of likely N-dealkylation sites (tertiary alicyclic amines) is 1. The largest absolute Gasteiger partial charge is 0.385 e. The summed E-state index contributed by atoms with van der Waals surface area (Å²) in [4.78, 5) is 32.9. The van der Waals surface area contributed by atoms with Gasteiger partial charge in [-0.2, -0.15) is 0 Å². The Morgan fingerprint density at radius 1 is 1.15 bits per heavy atom. The van der Waals surface area contributed by atoms with E-state index in [0.29, 0.717) is 38.5 Å². The highest BCUT2D eigenvalue weighted by atomic mass is 16.5. The Hall–Kier alpha value is -2.44. The van der Waals surface area contributed by atoms with Crippen LogP contribution in [-0.4, -0.2) is 72.1 Å². The molecule has 4 rings (SSSR count). The van der Waals surface area contributed by atoms with Gasteiger partial charge in [-0.05, 0) is 56.9 Å². The van der Waals surface area contributed by atoms with Crippen LogP contribution in [-0.2, 0) is 16.1 Å². The average Bonchev–Trinajstić information content (AvgIpc) is 3.03. The molecule has 1 aromatic carbocycles. The van der Waals surface area contributed by atoms with E-state index in [9.17, 15) is 9.59 Å². The number of hydrogen-bond acceptors (Lipinski definition) is 4. The molecule has 3 amide bonds. The molecule has 1 aromatic rings. The number of amides is 3. The van der Waals surface area contributed by atoms with Crippen LogP contribution in [0.25, 0.3) is 0 Å². The molecule has 2 saturated heterocycles. The molecule has 2 heterocycles. The molecular weight excluding hydrogens is 426 g/mol. The van der Waals surface area contributed by atoms with E-state index in [2.05, 4.69) is 24.5 Å². The zero-order chi connectivity index (χ0) is 24.1. The smallest absolute Gasteiger partial charge is 0.327 e. The van der Waals surface area contributed by atoms with Gasteiger partial charge in [0, 0.05) is 39.9 Å². The number of benzene rings is 1. The van der Waals surface area contributed by atoms with Gasteiger partial charge in [-0.1, -0.05) is 54.1 Å². The number of carbonyl (C=O) groups excluding carboxylic acids is 2. The number of hydrogen-bond donors (Lipinski definition) is 0. The number of methoxy groups -OCH3 is 1. The fourth-order valence-corrected chi connectivity index (χ4v) is 5.70. The Morgan fingerprint density at radius 2 is 1.88 bits per heavy atom. The maximum atomic E-state index is 13.7. The van der Waals surface area contributed by atoms with Crippen molar-refractivity contribution in [2.75, 3.05) is 39.9 Å². The zero-order valence-corrected chi connectivity index (χ0v) is 20.8. The quantitative estimate of drug-likeness (QED) is 0.303. The maximum Gasteiger partial charge on any atom is 0.327 e. The van der Waals surface area contributed by atoms with Crippen molar-refractivity contribution in [2.24, 2.45) is 5.92 Å². The summed E-state index contributed by atoms with van der Waals surface area (Å²) in [5, 5.41) is 0. The number of imide groups is 1. The lowest BCUT2D eigenvalue weighted by Crippen LogP contribution is -2.57. The molecule has 0 bridgehead atoms. The van der Waals surface area contributed by atoms with Gasteiger partial charge in [-0.3, -0.25) is 14.6 Å². The molecule has 6 nitrogen and oxygen atoms in total. The van der Waals surface area contributed by atoms with E-state index < -0.39 is 5.54 Å². The van der Waals surface area contributed by atoms with Gasteiger partial charge in [-0.25, -0.2) is 4.79 Å². The molecule has 0 saturated carbocycles. The number of rotatable bonds is 9. The SMILES string of the molecule is C=C(C)[C@@H]1CC=C(CN2CCC3(CC2)C(=O)N(Cc2ccccc2)C(=O)N3CCCOC)CC1. The Kier molecular flexibility index (Phi) is 7.89. The normalized spacial score (nSPS) is 23.0. The van der Waals surface area contributed by atoms with Crippen LogP contribution >= 0.6 is 0 Å². The predicted octanol–water partition coefficient (Wildman–Crippen LogP) is 4.62. The van der Waals surface area contributed by atoms with E-state index >= 15 is 0 Å². The van der Waals surface area contributed by atoms with Crippen molar-refractivity contribution in [3.8, 4) is 0 Å². The summed E-state index contributed by atoms with van der Waals surface area (Å²) in [6.07, 6.45) is 7.93. The van der Waals surface area contributed by atoms with E-state index in [0.717, 1.165) is 44.5 Å². The Morgan fingerprint density at radius 3 is 2.50 bits per heavy atom. The second-order valence-corrected chi connectivity index (χ2v) is 10.1. The van der Waals surface area contributed by atoms with Gasteiger partial charge in [-0.15, -0.1) is 0 Å². The first kappa shape index (κ1) is 24.7. The van der Waals surface area contributed by atoms with Gasteiger partial charge < -0.3 is 9.64 Å². The lowest BCUT2D eigenvalue weighted by Gasteiger charge is -2.42. The lowest BCUT2D eigenvalue weighted by atomic mass is 9.83. The van der Waals surface area contributed by atoms with Gasteiger partial charge in [0.25, 0.3) is 5.91 Å². The number of piperidine rings is 1. The molecule has 2 fully saturated rings. The molecule has 1 spiro atoms. The molecule has 34 heavy (non-hydrogen) atoms. The highest BCUT2D eigenvalue weighted by Crippen LogP contribution is 2.39. The first-order valence-corrected chi connectivity index (χ1v) is 12.7. The molecule has 0 N–H and O–H groups in total. The Labute approximate surface area is 204 Å². The van der Waals surface area contributed by atoms with Gasteiger partial charge in [0.15, 0.2) is 0 Å². The number of urea groups is 1. The van der Waals surface area contributed by atoms with Crippen LogP contribution in [0.2, 0.25) is 0 Å². The fourth-order valence-electron chi connectivity index (χ4n) is 5.70. The molecule has 1 aliphatic carbocycles. The first-order valence-electron chi connectivity index (χ1n) is 12.7. The van der Waals surface area contributed by atoms with Crippen LogP contribution in [0.5, 0.6) is 0 Å². The number of ether oxygens (including phenoxy) is 1. The topological polar surface area (TPSA) is 53.1 Å². The summed E-state index contributed by atoms with van der Waals surface area (Å²) in [5.74, 6) is 0.589. The summed E-state index contributed by atoms with van der Waals surface area (Å²) < 4.78 is 5.23. The molecule has 0 unspecified atom stereocenters. The van der Waals surface area contributed by atoms with Gasteiger partial charge in [0.05, 0.1) is 6.54 Å². The van der Waals surface area contributed by atoms with Crippen molar-refractivity contribution in [2.45, 2.75) is 57.5 Å². The van der Waals surface area contributed by atoms with Crippen LogP contribution in [0, 0.1) is 5.92 Å². The van der Waals surface area contributed by atoms with Crippen molar-refractivity contribution in [3.05, 3.63) is 59.7 Å². The average molecular weight is 466 g/mol. The lowest BCUT2D eigenvalue weighted by molar-refractivity contribution is -0.136. The van der Waals surface area contributed by atoms with Crippen LogP contribution < -0.4 is 0 Å². The third-order valence-electron chi connectivity index (χ3n) is 7.85. The molecule has 3 aliphatic rings. The monoisotopic (exact) mass is 465 g/mol. The Bertz CT molecular complexity index is 918. The molecule has 0 radical (unpaired) electrons. The van der Waals surface area contributed by atoms with Crippen LogP contribution in [0.4, 0.5) is 4.79 Å². The summed E-state index contributed by atoms with van der Waals surface area (Å²) in [6, 6.07) is 9.64. The fraction of sp³-hybridized carbons (Fsp3) is 0.571. The van der Waals surface area contributed by atoms with Gasteiger partial charge in [0.2, 0.25) is 0 Å². The molecule has 1 atom stereocenters. The van der Waals surface area contributed by atoms with E-state index in [1.54, 1.807) is 7.11 Å². The molecule has 6 heteroatoms. The van der Waals surface area contributed by atoms with E-state index in [-0.39, 0.29) is 11.9 Å². The van der Waals surface area contributed by atoms with Crippen LogP contribution in [0.1, 0.15) is 51.0 Å². The molecule has 2 aliphatic heterocycles. The number of nitrogens with zero attached hydrogens (tertiary/aromatic N) is 3. The number of carbonyl (C=O) groups is 2. The first-order chi connectivity index (χ1) is 16.4. The minimum atomic E-state index is -0.720. The van der Waals surface area contributed by atoms with Gasteiger partial charge in [0.1, 0.15) is 5.54 Å². The predicted molar refractivity (Wildman–Crippen MR) is 134 cm³/mol. The van der Waals surface area contributed by atoms with Gasteiger partial charge >= 0.3 is 6.03 Å². The van der Waals surface area contributed by atoms with Crippen molar-refractivity contribution in [1.82, 2.24) is 14.7 Å². The molecular formula is C28H39N3O3. The minimum Gasteiger partial charge on any atom is -0.385 e. The van der Waals surface area contributed by atoms with Crippen LogP contribution in [0.15, 0.2) is 54.1 Å². The van der Waals surface area contributed by atoms with Crippen LogP contribution in [0.3, 0.4) is 0 Å². The van der Waals surface area contributed by atoms with E-state index in [1.165, 1.54) is 22.5 Å². The van der Waals surface area contributed by atoms with E-state index in [1.807, 2.05) is 35.2 Å². The summed E-state index contributed by atoms with van der Waals surface area (Å²) in [5.41, 5.74) is 3.05. The summed E-state index contributed by atoms with van der Waals surface area (Å²) in [7, 11) is 1.67. The minimum absolute atomic E-state index is 0.0281. The van der Waals surface area contributed by atoms with Crippen molar-refractivity contribution in [3.63, 3.8) is 0 Å². The van der Waals surface area contributed by atoms with Crippen molar-refractivity contribution < 1.29 is 14.3 Å². The van der Waals surface area contributed by atoms with E-state index in [4.69, 9.17) is 4.74 Å². The summed E-state index contributed by atoms with van der Waals surface area (Å²) in [6.45, 7) is 10.4. The highest BCUT2D eigenvalue weighted by molar-refractivity contribution is 6.07. The third-order valence-corrected chi connectivity index (χ3v) is 7.85. The molecule has 184 valence electrons. The molecule has 0 aromatic heterocycles. The van der Waals surface area contributed by atoms with Crippen molar-refractivity contribution in [1.29, 1.82) is 0 Å².